The van der Waals surface area contributed by atoms with E-state index in [2.05, 4.69) is 20.2 Å². The van der Waals surface area contributed by atoms with E-state index < -0.39 is 0 Å². The number of ether oxygens (including phenoxy) is 2. The number of guanidine groups is 1. The minimum atomic E-state index is -0.369. The Labute approximate surface area is 152 Å². The standard InChI is InChI=1S/C19H23FN4O2/c1-21-19(23-12-14-6-7-17(25-2)16(20)11-14)24-10-8-15(13-24)26-18-5-3-4-9-22-18/h3-7,9,11,15H,8,10,12-13H2,1-2H3,(H,21,23). The van der Waals surface area contributed by atoms with Gasteiger partial charge in [-0.15, -0.1) is 0 Å². The Balaban J connectivity index is 1.54. The Bertz CT molecular complexity index is 754. The first-order valence-corrected chi connectivity index (χ1v) is 8.55. The van der Waals surface area contributed by atoms with Gasteiger partial charge in [0.25, 0.3) is 0 Å². The Kier molecular flexibility index (Phi) is 5.88. The third-order valence-corrected chi connectivity index (χ3v) is 4.25. The maximum Gasteiger partial charge on any atom is 0.213 e. The lowest BCUT2D eigenvalue weighted by molar-refractivity contribution is 0.205. The van der Waals surface area contributed by atoms with Gasteiger partial charge in [0.1, 0.15) is 6.10 Å². The molecule has 1 unspecified atom stereocenters. The van der Waals surface area contributed by atoms with E-state index in [0.29, 0.717) is 12.4 Å². The lowest BCUT2D eigenvalue weighted by Gasteiger charge is -2.21. The molecule has 0 amide bonds. The predicted octanol–water partition coefficient (Wildman–Crippen LogP) is 2.46. The highest BCUT2D eigenvalue weighted by Crippen LogP contribution is 2.18. The van der Waals surface area contributed by atoms with E-state index in [4.69, 9.17) is 9.47 Å². The number of halogens is 1. The number of methoxy groups -OCH3 is 1. The second-order valence-electron chi connectivity index (χ2n) is 6.01. The average Bonchev–Trinajstić information content (AvgIpc) is 3.11. The molecule has 0 bridgehead atoms. The van der Waals surface area contributed by atoms with Crippen molar-refractivity contribution >= 4 is 5.96 Å². The van der Waals surface area contributed by atoms with Gasteiger partial charge in [-0.25, -0.2) is 9.37 Å². The summed E-state index contributed by atoms with van der Waals surface area (Å²) >= 11 is 0. The maximum absolute atomic E-state index is 13.8. The summed E-state index contributed by atoms with van der Waals surface area (Å²) in [7, 11) is 3.19. The topological polar surface area (TPSA) is 59.0 Å². The van der Waals surface area contributed by atoms with Gasteiger partial charge in [0.2, 0.25) is 5.88 Å². The van der Waals surface area contributed by atoms with Crippen LogP contribution >= 0.6 is 0 Å². The van der Waals surface area contributed by atoms with Crippen LogP contribution in [0.5, 0.6) is 11.6 Å². The number of pyridine rings is 1. The zero-order valence-electron chi connectivity index (χ0n) is 15.0. The van der Waals surface area contributed by atoms with Crippen LogP contribution in [-0.2, 0) is 6.54 Å². The molecule has 7 heteroatoms. The number of hydrogen-bond acceptors (Lipinski definition) is 4. The molecule has 0 radical (unpaired) electrons. The van der Waals surface area contributed by atoms with Crippen LogP contribution in [0.4, 0.5) is 4.39 Å². The van der Waals surface area contributed by atoms with Crippen LogP contribution in [0.3, 0.4) is 0 Å². The summed E-state index contributed by atoms with van der Waals surface area (Å²) in [5.74, 6) is 1.28. The Morgan fingerprint density at radius 2 is 2.27 bits per heavy atom. The van der Waals surface area contributed by atoms with Gasteiger partial charge in [0, 0.05) is 38.8 Å². The first-order valence-electron chi connectivity index (χ1n) is 8.55. The van der Waals surface area contributed by atoms with E-state index >= 15 is 0 Å². The van der Waals surface area contributed by atoms with Crippen molar-refractivity contribution in [1.29, 1.82) is 0 Å². The summed E-state index contributed by atoms with van der Waals surface area (Å²) in [5.41, 5.74) is 0.824. The number of aliphatic imine (C=N–C) groups is 1. The predicted molar refractivity (Wildman–Crippen MR) is 98.0 cm³/mol. The van der Waals surface area contributed by atoms with E-state index in [-0.39, 0.29) is 17.7 Å². The van der Waals surface area contributed by atoms with Crippen LogP contribution in [0.1, 0.15) is 12.0 Å². The highest BCUT2D eigenvalue weighted by Gasteiger charge is 2.26. The third kappa shape index (κ3) is 4.41. The van der Waals surface area contributed by atoms with E-state index in [0.717, 1.165) is 31.0 Å². The van der Waals surface area contributed by atoms with Crippen molar-refractivity contribution in [3.63, 3.8) is 0 Å². The number of hydrogen-bond donors (Lipinski definition) is 1. The molecule has 3 rings (SSSR count). The molecular weight excluding hydrogens is 335 g/mol. The molecule has 1 aromatic heterocycles. The van der Waals surface area contributed by atoms with Crippen LogP contribution in [0.2, 0.25) is 0 Å². The second-order valence-corrected chi connectivity index (χ2v) is 6.01. The van der Waals surface area contributed by atoms with E-state index in [1.165, 1.54) is 13.2 Å². The normalized spacial score (nSPS) is 17.3. The highest BCUT2D eigenvalue weighted by atomic mass is 19.1. The van der Waals surface area contributed by atoms with E-state index in [1.54, 1.807) is 19.3 Å². The van der Waals surface area contributed by atoms with Crippen molar-refractivity contribution in [3.05, 3.63) is 54.0 Å². The van der Waals surface area contributed by atoms with Gasteiger partial charge in [-0.3, -0.25) is 4.99 Å². The quantitative estimate of drug-likeness (QED) is 0.657. The minimum Gasteiger partial charge on any atom is -0.494 e. The first kappa shape index (κ1) is 18.0. The Morgan fingerprint density at radius 3 is 2.96 bits per heavy atom. The Hall–Kier alpha value is -2.83. The molecule has 2 aromatic rings. The average molecular weight is 358 g/mol. The molecule has 138 valence electrons. The smallest absolute Gasteiger partial charge is 0.213 e. The summed E-state index contributed by atoms with van der Waals surface area (Å²) in [4.78, 5) is 10.7. The van der Waals surface area contributed by atoms with Crippen molar-refractivity contribution in [2.24, 2.45) is 4.99 Å². The largest absolute Gasteiger partial charge is 0.494 e. The van der Waals surface area contributed by atoms with Crippen molar-refractivity contribution in [3.8, 4) is 11.6 Å². The van der Waals surface area contributed by atoms with Gasteiger partial charge in [-0.1, -0.05) is 12.1 Å². The highest BCUT2D eigenvalue weighted by molar-refractivity contribution is 5.80. The van der Waals surface area contributed by atoms with Gasteiger partial charge < -0.3 is 19.7 Å². The fourth-order valence-corrected chi connectivity index (χ4v) is 2.94. The number of nitrogens with zero attached hydrogens (tertiary/aromatic N) is 3. The van der Waals surface area contributed by atoms with E-state index in [9.17, 15) is 4.39 Å². The van der Waals surface area contributed by atoms with Crippen LogP contribution in [-0.4, -0.2) is 49.2 Å². The molecular formula is C19H23FN4O2. The second kappa shape index (κ2) is 8.51. The molecule has 1 N–H and O–H groups in total. The zero-order valence-corrected chi connectivity index (χ0v) is 15.0. The summed E-state index contributed by atoms with van der Waals surface area (Å²) in [5, 5.41) is 3.27. The number of benzene rings is 1. The SMILES string of the molecule is CN=C(NCc1ccc(OC)c(F)c1)N1CCC(Oc2ccccn2)C1. The summed E-state index contributed by atoms with van der Waals surface area (Å²) < 4.78 is 24.6. The van der Waals surface area contributed by atoms with E-state index in [1.807, 2.05) is 24.3 Å². The fraction of sp³-hybridized carbons (Fsp3) is 0.368. The van der Waals surface area contributed by atoms with Crippen LogP contribution < -0.4 is 14.8 Å². The maximum atomic E-state index is 13.8. The van der Waals surface area contributed by atoms with Crippen molar-refractivity contribution in [2.45, 2.75) is 19.1 Å². The summed E-state index contributed by atoms with van der Waals surface area (Å²) in [6.07, 6.45) is 2.69. The van der Waals surface area contributed by atoms with Gasteiger partial charge in [0.15, 0.2) is 17.5 Å². The Morgan fingerprint density at radius 1 is 1.38 bits per heavy atom. The van der Waals surface area contributed by atoms with Crippen molar-refractivity contribution < 1.29 is 13.9 Å². The molecule has 1 aromatic carbocycles. The van der Waals surface area contributed by atoms with Crippen LogP contribution in [0.25, 0.3) is 0 Å². The van der Waals surface area contributed by atoms with Gasteiger partial charge in [0.05, 0.1) is 13.7 Å². The lowest BCUT2D eigenvalue weighted by atomic mass is 10.2. The number of nitrogens with one attached hydrogen (secondary N) is 1. The summed E-state index contributed by atoms with van der Waals surface area (Å²) in [6, 6.07) is 10.6. The van der Waals surface area contributed by atoms with Gasteiger partial charge in [-0.2, -0.15) is 0 Å². The first-order chi connectivity index (χ1) is 12.7. The zero-order chi connectivity index (χ0) is 18.4. The molecule has 0 spiro atoms. The molecule has 6 nitrogen and oxygen atoms in total. The van der Waals surface area contributed by atoms with Crippen LogP contribution in [0.15, 0.2) is 47.6 Å². The van der Waals surface area contributed by atoms with Gasteiger partial charge in [-0.05, 0) is 23.8 Å². The number of aromatic nitrogens is 1. The fourth-order valence-electron chi connectivity index (χ4n) is 2.94. The molecule has 1 saturated heterocycles. The molecule has 2 heterocycles. The molecule has 0 aliphatic carbocycles. The molecule has 1 atom stereocenters. The molecule has 1 aliphatic heterocycles. The van der Waals surface area contributed by atoms with Crippen molar-refractivity contribution in [2.75, 3.05) is 27.2 Å². The van der Waals surface area contributed by atoms with Crippen LogP contribution in [0, 0.1) is 5.82 Å². The monoisotopic (exact) mass is 358 g/mol. The number of rotatable bonds is 5. The molecule has 1 aliphatic rings. The third-order valence-electron chi connectivity index (χ3n) is 4.25. The summed E-state index contributed by atoms with van der Waals surface area (Å²) in [6.45, 7) is 2.05. The minimum absolute atomic E-state index is 0.0712. The van der Waals surface area contributed by atoms with Crippen molar-refractivity contribution in [1.82, 2.24) is 15.2 Å². The lowest BCUT2D eigenvalue weighted by Crippen LogP contribution is -2.40. The molecule has 1 fully saturated rings. The number of likely N-dealkylation sites (tertiary alicyclic amines) is 1. The molecule has 26 heavy (non-hydrogen) atoms. The molecule has 0 saturated carbocycles. The van der Waals surface area contributed by atoms with Gasteiger partial charge >= 0.3 is 0 Å².